The summed E-state index contributed by atoms with van der Waals surface area (Å²) in [6, 6.07) is 5.73. The minimum Gasteiger partial charge on any atom is -0.480 e. The number of aliphatic carboxylic acids is 1. The fourth-order valence-corrected chi connectivity index (χ4v) is 4.14. The minimum atomic E-state index is -1.26. The van der Waals surface area contributed by atoms with Crippen molar-refractivity contribution in [1.29, 1.82) is 0 Å². The van der Waals surface area contributed by atoms with Gasteiger partial charge in [-0.05, 0) is 49.9 Å². The van der Waals surface area contributed by atoms with Crippen LogP contribution in [0.1, 0.15) is 43.7 Å². The van der Waals surface area contributed by atoms with Crippen molar-refractivity contribution in [3.63, 3.8) is 0 Å². The smallest absolute Gasteiger partial charge is 0.329 e. The van der Waals surface area contributed by atoms with E-state index in [2.05, 4.69) is 21.2 Å². The van der Waals surface area contributed by atoms with Gasteiger partial charge in [-0.15, -0.1) is 0 Å². The number of amides is 1. The van der Waals surface area contributed by atoms with E-state index in [-0.39, 0.29) is 31.3 Å². The van der Waals surface area contributed by atoms with E-state index in [1.54, 1.807) is 0 Å². The Morgan fingerprint density at radius 2 is 2.00 bits per heavy atom. The molecule has 1 saturated heterocycles. The van der Waals surface area contributed by atoms with Crippen LogP contribution in [0, 0.1) is 6.92 Å². The third kappa shape index (κ3) is 3.94. The van der Waals surface area contributed by atoms with E-state index in [1.165, 1.54) is 0 Å². The van der Waals surface area contributed by atoms with Crippen LogP contribution in [0.25, 0.3) is 0 Å². The van der Waals surface area contributed by atoms with Gasteiger partial charge in [0.2, 0.25) is 5.91 Å². The van der Waals surface area contributed by atoms with Crippen LogP contribution in [0.3, 0.4) is 0 Å². The number of carbonyl (C=O) groups excluding carboxylic acids is 1. The molecule has 1 saturated carbocycles. The summed E-state index contributed by atoms with van der Waals surface area (Å²) < 4.78 is 12.5. The zero-order chi connectivity index (χ0) is 18.9. The Bertz CT molecular complexity index is 712. The third-order valence-electron chi connectivity index (χ3n) is 5.31. The van der Waals surface area contributed by atoms with Crippen LogP contribution >= 0.6 is 15.9 Å². The summed E-state index contributed by atoms with van der Waals surface area (Å²) >= 11 is 3.40. The van der Waals surface area contributed by atoms with Crippen molar-refractivity contribution in [3.8, 4) is 0 Å². The van der Waals surface area contributed by atoms with Crippen molar-refractivity contribution in [1.82, 2.24) is 5.32 Å². The maximum absolute atomic E-state index is 12.6. The van der Waals surface area contributed by atoms with E-state index in [4.69, 9.17) is 9.47 Å². The summed E-state index contributed by atoms with van der Waals surface area (Å²) in [7, 11) is 0. The molecular formula is C19H24BrNO5. The van der Waals surface area contributed by atoms with E-state index in [0.717, 1.165) is 15.6 Å². The van der Waals surface area contributed by atoms with Crippen molar-refractivity contribution in [2.75, 3.05) is 6.61 Å². The molecule has 1 unspecified atom stereocenters. The lowest BCUT2D eigenvalue weighted by molar-refractivity contribution is -0.198. The number of carboxylic acid groups (broad SMARTS) is 1. The second-order valence-electron chi connectivity index (χ2n) is 7.33. The lowest BCUT2D eigenvalue weighted by atomic mass is 9.78. The summed E-state index contributed by atoms with van der Waals surface area (Å²) in [6.07, 6.45) is 1.66. The van der Waals surface area contributed by atoms with E-state index in [1.807, 2.05) is 32.0 Å². The molecule has 1 spiro atoms. The molecule has 1 amide bonds. The first-order chi connectivity index (χ1) is 12.2. The molecule has 6 nitrogen and oxygen atoms in total. The number of halogens is 1. The number of rotatable bonds is 4. The first-order valence-electron chi connectivity index (χ1n) is 8.85. The van der Waals surface area contributed by atoms with Crippen molar-refractivity contribution < 1.29 is 24.2 Å². The van der Waals surface area contributed by atoms with E-state index in [9.17, 15) is 14.7 Å². The normalized spacial score (nSPS) is 31.1. The molecule has 3 rings (SSSR count). The van der Waals surface area contributed by atoms with Crippen LogP contribution in [-0.2, 0) is 25.5 Å². The van der Waals surface area contributed by atoms with Crippen LogP contribution in [0.4, 0.5) is 0 Å². The molecule has 1 aromatic carbocycles. The number of carboxylic acids is 1. The van der Waals surface area contributed by atoms with Gasteiger partial charge in [0.15, 0.2) is 5.79 Å². The molecule has 142 valence electrons. The van der Waals surface area contributed by atoms with Crippen molar-refractivity contribution in [2.24, 2.45) is 0 Å². The quantitative estimate of drug-likeness (QED) is 0.774. The molecule has 0 aromatic heterocycles. The highest BCUT2D eigenvalue weighted by atomic mass is 79.9. The standard InChI is InChI=1S/C19H24BrNO5/c1-12-3-4-15(20)9-14(12)10-16(22)21-18(17(23)24)5-7-19(8-6-18)25-11-13(2)26-19/h3-4,9,13H,5-8,10-11H2,1-2H3,(H,21,22)(H,23,24). The van der Waals surface area contributed by atoms with Gasteiger partial charge in [0.25, 0.3) is 0 Å². The van der Waals surface area contributed by atoms with Crippen LogP contribution in [-0.4, -0.2) is 41.0 Å². The SMILES string of the molecule is Cc1ccc(Br)cc1CC(=O)NC1(C(=O)O)CCC2(CC1)OCC(C)O2. The molecule has 2 aliphatic rings. The Labute approximate surface area is 161 Å². The summed E-state index contributed by atoms with van der Waals surface area (Å²) in [6.45, 7) is 4.40. The molecule has 7 heteroatoms. The fourth-order valence-electron chi connectivity index (χ4n) is 3.73. The number of benzene rings is 1. The summed E-state index contributed by atoms with van der Waals surface area (Å²) in [4.78, 5) is 24.5. The average molecular weight is 426 g/mol. The van der Waals surface area contributed by atoms with Gasteiger partial charge in [0.05, 0.1) is 19.1 Å². The number of ether oxygens (including phenoxy) is 2. The molecule has 1 heterocycles. The second-order valence-corrected chi connectivity index (χ2v) is 8.25. The van der Waals surface area contributed by atoms with Gasteiger partial charge in [-0.1, -0.05) is 22.0 Å². The van der Waals surface area contributed by atoms with Gasteiger partial charge in [-0.25, -0.2) is 4.79 Å². The molecule has 0 radical (unpaired) electrons. The number of carbonyl (C=O) groups is 2. The average Bonchev–Trinajstić information content (AvgIpc) is 2.94. The van der Waals surface area contributed by atoms with E-state index >= 15 is 0 Å². The Hall–Kier alpha value is -1.44. The zero-order valence-electron chi connectivity index (χ0n) is 15.0. The molecule has 26 heavy (non-hydrogen) atoms. The molecule has 1 atom stereocenters. The fraction of sp³-hybridized carbons (Fsp3) is 0.579. The number of aryl methyl sites for hydroxylation is 1. The predicted octanol–water partition coefficient (Wildman–Crippen LogP) is 2.95. The van der Waals surface area contributed by atoms with Crippen LogP contribution < -0.4 is 5.32 Å². The van der Waals surface area contributed by atoms with Gasteiger partial charge < -0.3 is 19.9 Å². The van der Waals surface area contributed by atoms with Crippen molar-refractivity contribution in [2.45, 2.75) is 63.4 Å². The highest BCUT2D eigenvalue weighted by Gasteiger charge is 2.51. The molecule has 1 aliphatic carbocycles. The number of hydrogen-bond donors (Lipinski definition) is 2. The molecule has 2 N–H and O–H groups in total. The van der Waals surface area contributed by atoms with Gasteiger partial charge in [-0.3, -0.25) is 4.79 Å². The van der Waals surface area contributed by atoms with Crippen LogP contribution in [0.15, 0.2) is 22.7 Å². The first-order valence-corrected chi connectivity index (χ1v) is 9.64. The zero-order valence-corrected chi connectivity index (χ0v) is 16.6. The highest BCUT2D eigenvalue weighted by Crippen LogP contribution is 2.42. The largest absolute Gasteiger partial charge is 0.480 e. The molecular weight excluding hydrogens is 402 g/mol. The lowest BCUT2D eigenvalue weighted by Crippen LogP contribution is -2.59. The van der Waals surface area contributed by atoms with Crippen LogP contribution in [0.2, 0.25) is 0 Å². The monoisotopic (exact) mass is 425 g/mol. The lowest BCUT2D eigenvalue weighted by Gasteiger charge is -2.41. The maximum atomic E-state index is 12.6. The molecule has 1 aromatic rings. The van der Waals surface area contributed by atoms with Gasteiger partial charge in [0, 0.05) is 17.3 Å². The van der Waals surface area contributed by atoms with Gasteiger partial charge in [-0.2, -0.15) is 0 Å². The molecule has 1 aliphatic heterocycles. The Kier molecular flexibility index (Phi) is 5.42. The molecule has 2 fully saturated rings. The third-order valence-corrected chi connectivity index (χ3v) is 5.81. The van der Waals surface area contributed by atoms with Crippen LogP contribution in [0.5, 0.6) is 0 Å². The maximum Gasteiger partial charge on any atom is 0.329 e. The Balaban J connectivity index is 1.68. The predicted molar refractivity (Wildman–Crippen MR) is 98.8 cm³/mol. The Morgan fingerprint density at radius 1 is 1.31 bits per heavy atom. The number of hydrogen-bond acceptors (Lipinski definition) is 4. The number of nitrogens with one attached hydrogen (secondary N) is 1. The second kappa shape index (κ2) is 7.29. The summed E-state index contributed by atoms with van der Waals surface area (Å²) in [5.41, 5.74) is 0.610. The highest BCUT2D eigenvalue weighted by molar-refractivity contribution is 9.10. The van der Waals surface area contributed by atoms with Gasteiger partial charge in [0.1, 0.15) is 5.54 Å². The van der Waals surface area contributed by atoms with Crippen molar-refractivity contribution >= 4 is 27.8 Å². The van der Waals surface area contributed by atoms with E-state index < -0.39 is 17.3 Å². The van der Waals surface area contributed by atoms with Gasteiger partial charge >= 0.3 is 5.97 Å². The topological polar surface area (TPSA) is 84.9 Å². The van der Waals surface area contributed by atoms with E-state index in [0.29, 0.717) is 19.4 Å². The van der Waals surface area contributed by atoms with Crippen molar-refractivity contribution in [3.05, 3.63) is 33.8 Å². The first kappa shape index (κ1) is 19.3. The molecule has 0 bridgehead atoms. The summed E-state index contributed by atoms with van der Waals surface area (Å²) in [5, 5.41) is 12.6. The minimum absolute atomic E-state index is 0.0152. The summed E-state index contributed by atoms with van der Waals surface area (Å²) in [5.74, 6) is -1.98. The Morgan fingerprint density at radius 3 is 2.58 bits per heavy atom.